The van der Waals surface area contributed by atoms with Gasteiger partial charge in [-0.05, 0) is 18.4 Å². The molecule has 0 spiro atoms. The van der Waals surface area contributed by atoms with E-state index in [-0.39, 0.29) is 5.57 Å². The van der Waals surface area contributed by atoms with E-state index in [9.17, 15) is 19.2 Å². The molecule has 1 rings (SSSR count). The summed E-state index contributed by atoms with van der Waals surface area (Å²) in [5.74, 6) is -4.66. The molecule has 1 aromatic carbocycles. The van der Waals surface area contributed by atoms with E-state index in [0.29, 0.717) is 24.8 Å². The van der Waals surface area contributed by atoms with Gasteiger partial charge in [0.05, 0.1) is 19.1 Å². The Bertz CT molecular complexity index is 1030. The molecular formula is C28H33NO8. The molecule has 0 saturated carbocycles. The zero-order valence-corrected chi connectivity index (χ0v) is 21.0. The molecule has 1 unspecified atom stereocenters. The summed E-state index contributed by atoms with van der Waals surface area (Å²) in [5, 5.41) is 33.6. The van der Waals surface area contributed by atoms with Crippen molar-refractivity contribution in [3.05, 3.63) is 90.6 Å². The first-order valence-corrected chi connectivity index (χ1v) is 11.1. The predicted octanol–water partition coefficient (Wildman–Crippen LogP) is 5.04. The van der Waals surface area contributed by atoms with Gasteiger partial charge < -0.3 is 20.1 Å². The van der Waals surface area contributed by atoms with Crippen LogP contribution in [0.3, 0.4) is 0 Å². The quantitative estimate of drug-likeness (QED) is 0.151. The van der Waals surface area contributed by atoms with Crippen LogP contribution < -0.4 is 0 Å². The Labute approximate surface area is 217 Å². The number of ether oxygens (including phenoxy) is 1. The summed E-state index contributed by atoms with van der Waals surface area (Å²) in [4.78, 5) is 41.8. The van der Waals surface area contributed by atoms with E-state index in [1.807, 2.05) is 43.3 Å². The normalized spacial score (nSPS) is 10.8. The van der Waals surface area contributed by atoms with Gasteiger partial charge in [0.2, 0.25) is 0 Å². The summed E-state index contributed by atoms with van der Waals surface area (Å²) in [6.45, 7) is 8.63. The molecule has 0 bridgehead atoms. The molecule has 1 aromatic rings. The van der Waals surface area contributed by atoms with E-state index >= 15 is 0 Å². The standard InChI is InChI=1S/C11H10O2.C9H14O4.C8H9NO2/c12-11(13)9-5-4-8-10-6-2-1-3-7-10;1-3-4-5-7(9(12)13)6(2)8(10)11;1-7(8(10)11-2)5-3-4-6-9/h1-9H,(H,12,13);7H,2-5H2,1H3,(H,10,11)(H,12,13);3-4H,1,5H2,2H3. The number of hydrogen-bond donors (Lipinski definition) is 3. The van der Waals surface area contributed by atoms with E-state index in [4.69, 9.17) is 20.6 Å². The fourth-order valence-corrected chi connectivity index (χ4v) is 2.35. The van der Waals surface area contributed by atoms with Crippen molar-refractivity contribution >= 4 is 30.0 Å². The Morgan fingerprint density at radius 1 is 1.08 bits per heavy atom. The Morgan fingerprint density at radius 3 is 2.16 bits per heavy atom. The number of benzene rings is 1. The van der Waals surface area contributed by atoms with E-state index in [2.05, 4.69) is 17.9 Å². The second-order valence-corrected chi connectivity index (χ2v) is 7.16. The molecule has 0 amide bonds. The first kappa shape index (κ1) is 34.5. The van der Waals surface area contributed by atoms with Crippen molar-refractivity contribution in [2.75, 3.05) is 7.11 Å². The molecule has 0 radical (unpaired) electrons. The maximum atomic E-state index is 10.7. The van der Waals surface area contributed by atoms with Gasteiger partial charge in [-0.15, -0.1) is 0 Å². The van der Waals surface area contributed by atoms with Crippen LogP contribution in [0.1, 0.15) is 38.2 Å². The Kier molecular flexibility index (Phi) is 20.3. The highest BCUT2D eigenvalue weighted by molar-refractivity contribution is 5.93. The van der Waals surface area contributed by atoms with E-state index in [0.717, 1.165) is 18.1 Å². The average Bonchev–Trinajstić information content (AvgIpc) is 2.87. The van der Waals surface area contributed by atoms with Crippen LogP contribution in [0.4, 0.5) is 0 Å². The summed E-state index contributed by atoms with van der Waals surface area (Å²) < 4.78 is 4.39. The zero-order chi connectivity index (χ0) is 28.6. The van der Waals surface area contributed by atoms with Crippen molar-refractivity contribution in [1.29, 1.82) is 5.26 Å². The fraction of sp³-hybridized carbons (Fsp3) is 0.250. The molecule has 1 atom stereocenters. The molecule has 198 valence electrons. The van der Waals surface area contributed by atoms with Gasteiger partial charge >= 0.3 is 23.9 Å². The highest BCUT2D eigenvalue weighted by Gasteiger charge is 2.24. The lowest BCUT2D eigenvalue weighted by Crippen LogP contribution is -2.20. The number of methoxy groups -OCH3 is 1. The number of carbonyl (C=O) groups is 4. The van der Waals surface area contributed by atoms with E-state index in [1.54, 1.807) is 18.2 Å². The van der Waals surface area contributed by atoms with Gasteiger partial charge in [0.1, 0.15) is 0 Å². The number of hydrogen-bond acceptors (Lipinski definition) is 6. The maximum absolute atomic E-state index is 10.7. The van der Waals surface area contributed by atoms with Crippen molar-refractivity contribution in [2.45, 2.75) is 32.6 Å². The van der Waals surface area contributed by atoms with Gasteiger partial charge in [-0.1, -0.05) is 87.6 Å². The summed E-state index contributed by atoms with van der Waals surface area (Å²) in [5.41, 5.74) is 1.16. The highest BCUT2D eigenvalue weighted by atomic mass is 16.5. The molecule has 37 heavy (non-hydrogen) atoms. The third-order valence-corrected chi connectivity index (χ3v) is 4.31. The lowest BCUT2D eigenvalue weighted by molar-refractivity contribution is -0.144. The topological polar surface area (TPSA) is 162 Å². The number of esters is 1. The minimum Gasteiger partial charge on any atom is -0.481 e. The predicted molar refractivity (Wildman–Crippen MR) is 140 cm³/mol. The number of carbonyl (C=O) groups excluding carboxylic acids is 1. The average molecular weight is 512 g/mol. The zero-order valence-electron chi connectivity index (χ0n) is 21.0. The second kappa shape index (κ2) is 21.8. The highest BCUT2D eigenvalue weighted by Crippen LogP contribution is 2.17. The number of nitrogens with zero attached hydrogens (tertiary/aromatic N) is 1. The number of rotatable bonds is 12. The largest absolute Gasteiger partial charge is 0.481 e. The van der Waals surface area contributed by atoms with E-state index in [1.165, 1.54) is 19.3 Å². The number of unbranched alkanes of at least 4 members (excludes halogenated alkanes) is 1. The Balaban J connectivity index is 0. The van der Waals surface area contributed by atoms with Crippen LogP contribution in [0.15, 0.2) is 85.0 Å². The molecule has 9 nitrogen and oxygen atoms in total. The van der Waals surface area contributed by atoms with E-state index < -0.39 is 29.8 Å². The first-order chi connectivity index (χ1) is 17.5. The number of aliphatic carboxylic acids is 3. The van der Waals surface area contributed by atoms with Crippen molar-refractivity contribution in [3.8, 4) is 6.07 Å². The van der Waals surface area contributed by atoms with Crippen LogP contribution in [-0.4, -0.2) is 46.3 Å². The number of allylic oxidation sites excluding steroid dienone is 4. The molecule has 0 aromatic heterocycles. The van der Waals surface area contributed by atoms with Crippen molar-refractivity contribution in [3.63, 3.8) is 0 Å². The van der Waals surface area contributed by atoms with Crippen LogP contribution in [0.5, 0.6) is 0 Å². The van der Waals surface area contributed by atoms with Crippen LogP contribution in [-0.2, 0) is 23.9 Å². The number of carboxylic acids is 3. The lowest BCUT2D eigenvalue weighted by atomic mass is 9.95. The minimum absolute atomic E-state index is 0.235. The van der Waals surface area contributed by atoms with Gasteiger partial charge in [0.25, 0.3) is 0 Å². The smallest absolute Gasteiger partial charge is 0.333 e. The second-order valence-electron chi connectivity index (χ2n) is 7.16. The number of carboxylic acid groups (broad SMARTS) is 3. The molecule has 0 aliphatic carbocycles. The molecular weight excluding hydrogens is 478 g/mol. The molecule has 3 N–H and O–H groups in total. The molecule has 0 heterocycles. The third-order valence-electron chi connectivity index (χ3n) is 4.31. The molecule has 0 fully saturated rings. The molecule has 9 heteroatoms. The fourth-order valence-electron chi connectivity index (χ4n) is 2.35. The van der Waals surface area contributed by atoms with Gasteiger partial charge in [0, 0.05) is 23.3 Å². The van der Waals surface area contributed by atoms with Gasteiger partial charge in [-0.25, -0.2) is 14.4 Å². The Hall–Kier alpha value is -4.71. The van der Waals surface area contributed by atoms with Crippen LogP contribution >= 0.6 is 0 Å². The van der Waals surface area contributed by atoms with Crippen LogP contribution in [0, 0.1) is 17.2 Å². The van der Waals surface area contributed by atoms with Gasteiger partial charge in [0.15, 0.2) is 0 Å². The van der Waals surface area contributed by atoms with Crippen LogP contribution in [0.2, 0.25) is 0 Å². The Morgan fingerprint density at radius 2 is 1.70 bits per heavy atom. The summed E-state index contributed by atoms with van der Waals surface area (Å²) in [6, 6.07) is 11.5. The summed E-state index contributed by atoms with van der Waals surface area (Å²) >= 11 is 0. The maximum Gasteiger partial charge on any atom is 0.333 e. The van der Waals surface area contributed by atoms with Gasteiger partial charge in [-0.2, -0.15) is 5.26 Å². The van der Waals surface area contributed by atoms with Crippen molar-refractivity contribution in [1.82, 2.24) is 0 Å². The van der Waals surface area contributed by atoms with Crippen molar-refractivity contribution in [2.24, 2.45) is 5.92 Å². The third kappa shape index (κ3) is 19.3. The first-order valence-electron chi connectivity index (χ1n) is 11.1. The summed E-state index contributed by atoms with van der Waals surface area (Å²) in [7, 11) is 1.29. The summed E-state index contributed by atoms with van der Waals surface area (Å²) in [6.07, 6.45) is 11.2. The lowest BCUT2D eigenvalue weighted by Gasteiger charge is -2.10. The SMILES string of the molecule is C=C(C(=O)O)C(CCCC)C(=O)O.C=C(CC=CC#N)C(=O)OC.O=C(O)C=CC=Cc1ccccc1. The number of nitriles is 1. The van der Waals surface area contributed by atoms with Crippen molar-refractivity contribution < 1.29 is 39.2 Å². The minimum atomic E-state index is -1.23. The molecule has 0 aliphatic heterocycles. The van der Waals surface area contributed by atoms with Gasteiger partial charge in [-0.3, -0.25) is 4.79 Å². The molecule has 0 saturated heterocycles. The molecule has 0 aliphatic rings. The monoisotopic (exact) mass is 511 g/mol. The van der Waals surface area contributed by atoms with Crippen LogP contribution in [0.25, 0.3) is 6.08 Å².